The summed E-state index contributed by atoms with van der Waals surface area (Å²) in [5, 5.41) is 3.61. The second kappa shape index (κ2) is 4.24. The molecule has 1 saturated heterocycles. The lowest BCUT2D eigenvalue weighted by molar-refractivity contribution is 0.305. The van der Waals surface area contributed by atoms with Crippen LogP contribution in [0.1, 0.15) is 38.5 Å². The van der Waals surface area contributed by atoms with E-state index >= 15 is 0 Å². The highest BCUT2D eigenvalue weighted by molar-refractivity contribution is 5.82. The van der Waals surface area contributed by atoms with E-state index in [9.17, 15) is 0 Å². The van der Waals surface area contributed by atoms with Crippen LogP contribution in [0.25, 0.3) is 0 Å². The van der Waals surface area contributed by atoms with Gasteiger partial charge in [-0.25, -0.2) is 4.99 Å². The molecule has 3 rings (SSSR count). The van der Waals surface area contributed by atoms with Crippen LogP contribution in [0.2, 0.25) is 0 Å². The van der Waals surface area contributed by atoms with Gasteiger partial charge in [-0.05, 0) is 25.7 Å². The maximum atomic E-state index is 5.93. The predicted molar refractivity (Wildman–Crippen MR) is 65.4 cm³/mol. The molecule has 0 radical (unpaired) electrons. The van der Waals surface area contributed by atoms with Crippen LogP contribution < -0.4 is 11.1 Å². The number of rotatable bonds is 0. The molecule has 2 unspecified atom stereocenters. The Kier molecular flexibility index (Phi) is 2.75. The number of fused-ring (bicyclic) bond motifs is 1. The average Bonchev–Trinajstić information content (AvgIpc) is 2.73. The highest BCUT2D eigenvalue weighted by Gasteiger charge is 2.33. The maximum Gasteiger partial charge on any atom is 0.194 e. The van der Waals surface area contributed by atoms with Crippen LogP contribution in [-0.4, -0.2) is 42.1 Å². The minimum Gasteiger partial charge on any atom is -0.351 e. The largest absolute Gasteiger partial charge is 0.351 e. The van der Waals surface area contributed by atoms with Gasteiger partial charge < -0.3 is 16.0 Å². The summed E-state index contributed by atoms with van der Waals surface area (Å²) in [4.78, 5) is 7.24. The highest BCUT2D eigenvalue weighted by Crippen LogP contribution is 2.25. The molecule has 4 heteroatoms. The summed E-state index contributed by atoms with van der Waals surface area (Å²) in [6, 6.07) is 1.58. The summed E-state index contributed by atoms with van der Waals surface area (Å²) < 4.78 is 0. The van der Waals surface area contributed by atoms with Crippen LogP contribution in [0.4, 0.5) is 0 Å². The van der Waals surface area contributed by atoms with Gasteiger partial charge in [-0.1, -0.05) is 12.8 Å². The number of likely N-dealkylation sites (tertiary alicyclic amines) is 1. The zero-order valence-corrected chi connectivity index (χ0v) is 9.86. The van der Waals surface area contributed by atoms with Gasteiger partial charge in [0, 0.05) is 19.1 Å². The molecule has 4 nitrogen and oxygen atoms in total. The summed E-state index contributed by atoms with van der Waals surface area (Å²) in [6.07, 6.45) is 7.50. The van der Waals surface area contributed by atoms with E-state index in [-0.39, 0.29) is 0 Å². The van der Waals surface area contributed by atoms with Crippen molar-refractivity contribution in [2.24, 2.45) is 10.7 Å². The van der Waals surface area contributed by atoms with Crippen molar-refractivity contribution in [1.82, 2.24) is 10.2 Å². The third-order valence-corrected chi connectivity index (χ3v) is 4.17. The molecule has 1 aliphatic carbocycles. The standard InChI is InChI=1S/C12H22N4/c13-9-5-7-16(8-6-9)12-14-10-3-1-2-4-11(10)15-12/h9-11H,1-8,13H2,(H,14,15). The van der Waals surface area contributed by atoms with Crippen molar-refractivity contribution < 1.29 is 0 Å². The average molecular weight is 222 g/mol. The molecule has 0 bridgehead atoms. The number of piperidine rings is 1. The number of nitrogens with zero attached hydrogens (tertiary/aromatic N) is 2. The quantitative estimate of drug-likeness (QED) is 0.634. The smallest absolute Gasteiger partial charge is 0.194 e. The lowest BCUT2D eigenvalue weighted by atomic mass is 9.92. The second-order valence-electron chi connectivity index (χ2n) is 5.38. The maximum absolute atomic E-state index is 5.93. The first-order valence-corrected chi connectivity index (χ1v) is 6.68. The number of guanidine groups is 1. The minimum atomic E-state index is 0.403. The molecule has 0 aromatic carbocycles. The van der Waals surface area contributed by atoms with Gasteiger partial charge in [-0.3, -0.25) is 0 Å². The molecule has 2 heterocycles. The van der Waals surface area contributed by atoms with Gasteiger partial charge in [0.1, 0.15) is 0 Å². The lowest BCUT2D eigenvalue weighted by Gasteiger charge is -2.32. The van der Waals surface area contributed by atoms with Gasteiger partial charge in [0.2, 0.25) is 0 Å². The molecule has 0 aromatic heterocycles. The number of hydrogen-bond acceptors (Lipinski definition) is 4. The van der Waals surface area contributed by atoms with Crippen molar-refractivity contribution in [3.05, 3.63) is 0 Å². The van der Waals surface area contributed by atoms with E-state index in [1.165, 1.54) is 25.7 Å². The Hall–Kier alpha value is -0.770. The Balaban J connectivity index is 1.63. The summed E-state index contributed by atoms with van der Waals surface area (Å²) >= 11 is 0. The zero-order chi connectivity index (χ0) is 11.0. The summed E-state index contributed by atoms with van der Waals surface area (Å²) in [7, 11) is 0. The van der Waals surface area contributed by atoms with Gasteiger partial charge in [0.15, 0.2) is 5.96 Å². The fourth-order valence-corrected chi connectivity index (χ4v) is 3.08. The molecular weight excluding hydrogens is 200 g/mol. The number of hydrogen-bond donors (Lipinski definition) is 2. The first kappa shape index (κ1) is 10.4. The van der Waals surface area contributed by atoms with E-state index in [2.05, 4.69) is 10.2 Å². The van der Waals surface area contributed by atoms with E-state index in [1.54, 1.807) is 0 Å². The Morgan fingerprint density at radius 3 is 2.62 bits per heavy atom. The minimum absolute atomic E-state index is 0.403. The molecular formula is C12H22N4. The van der Waals surface area contributed by atoms with E-state index in [4.69, 9.17) is 10.7 Å². The van der Waals surface area contributed by atoms with Gasteiger partial charge in [0.05, 0.1) is 12.1 Å². The number of aliphatic imine (C=N–C) groups is 1. The summed E-state index contributed by atoms with van der Waals surface area (Å²) in [5.41, 5.74) is 5.93. The summed E-state index contributed by atoms with van der Waals surface area (Å²) in [5.74, 6) is 1.16. The molecule has 0 amide bonds. The number of nitrogens with one attached hydrogen (secondary N) is 1. The Bertz CT molecular complexity index is 281. The monoisotopic (exact) mass is 222 g/mol. The predicted octanol–water partition coefficient (Wildman–Crippen LogP) is 0.680. The molecule has 2 fully saturated rings. The fraction of sp³-hybridized carbons (Fsp3) is 0.917. The van der Waals surface area contributed by atoms with Gasteiger partial charge in [-0.15, -0.1) is 0 Å². The van der Waals surface area contributed by atoms with Crippen molar-refractivity contribution in [3.63, 3.8) is 0 Å². The molecule has 2 atom stereocenters. The number of nitrogens with two attached hydrogens (primary N) is 1. The molecule has 1 saturated carbocycles. The third kappa shape index (κ3) is 1.90. The normalized spacial score (nSPS) is 35.6. The zero-order valence-electron chi connectivity index (χ0n) is 9.86. The van der Waals surface area contributed by atoms with E-state index in [0.717, 1.165) is 31.9 Å². The van der Waals surface area contributed by atoms with Crippen molar-refractivity contribution >= 4 is 5.96 Å². The SMILES string of the molecule is NC1CCN(C2=NC3CCCCC3N2)CC1. The summed E-state index contributed by atoms with van der Waals surface area (Å²) in [6.45, 7) is 2.15. The van der Waals surface area contributed by atoms with Gasteiger partial charge in [0.25, 0.3) is 0 Å². The molecule has 0 spiro atoms. The Labute approximate surface area is 97.3 Å². The van der Waals surface area contributed by atoms with E-state index in [1.807, 2.05) is 0 Å². The highest BCUT2D eigenvalue weighted by atomic mass is 15.3. The Morgan fingerprint density at radius 2 is 1.88 bits per heavy atom. The van der Waals surface area contributed by atoms with Crippen LogP contribution >= 0.6 is 0 Å². The topological polar surface area (TPSA) is 53.6 Å². The molecule has 0 aromatic rings. The first-order chi connectivity index (χ1) is 7.83. The molecule has 3 aliphatic rings. The van der Waals surface area contributed by atoms with Crippen molar-refractivity contribution in [2.45, 2.75) is 56.7 Å². The van der Waals surface area contributed by atoms with Crippen LogP contribution in [0, 0.1) is 0 Å². The van der Waals surface area contributed by atoms with Crippen molar-refractivity contribution in [3.8, 4) is 0 Å². The van der Waals surface area contributed by atoms with E-state index < -0.39 is 0 Å². The fourth-order valence-electron chi connectivity index (χ4n) is 3.08. The Morgan fingerprint density at radius 1 is 1.12 bits per heavy atom. The van der Waals surface area contributed by atoms with Crippen LogP contribution in [-0.2, 0) is 0 Å². The molecule has 90 valence electrons. The molecule has 2 aliphatic heterocycles. The molecule has 3 N–H and O–H groups in total. The van der Waals surface area contributed by atoms with Crippen molar-refractivity contribution in [2.75, 3.05) is 13.1 Å². The molecule has 16 heavy (non-hydrogen) atoms. The van der Waals surface area contributed by atoms with Gasteiger partial charge in [-0.2, -0.15) is 0 Å². The first-order valence-electron chi connectivity index (χ1n) is 6.68. The van der Waals surface area contributed by atoms with Crippen LogP contribution in [0.3, 0.4) is 0 Å². The lowest BCUT2D eigenvalue weighted by Crippen LogP contribution is -2.48. The van der Waals surface area contributed by atoms with Gasteiger partial charge >= 0.3 is 0 Å². The third-order valence-electron chi connectivity index (χ3n) is 4.17. The van der Waals surface area contributed by atoms with Crippen LogP contribution in [0.5, 0.6) is 0 Å². The van der Waals surface area contributed by atoms with E-state index in [0.29, 0.717) is 18.1 Å². The van der Waals surface area contributed by atoms with Crippen LogP contribution in [0.15, 0.2) is 4.99 Å². The van der Waals surface area contributed by atoms with Crippen molar-refractivity contribution in [1.29, 1.82) is 0 Å². The second-order valence-corrected chi connectivity index (χ2v) is 5.38.